The number of rotatable bonds is 6. The number of carbonyl (C=O) groups is 1. The van der Waals surface area contributed by atoms with Crippen LogP contribution in [0, 0.1) is 5.82 Å². The summed E-state index contributed by atoms with van der Waals surface area (Å²) in [5.74, 6) is -0.577. The van der Waals surface area contributed by atoms with Crippen molar-refractivity contribution in [3.63, 3.8) is 0 Å². The zero-order valence-corrected chi connectivity index (χ0v) is 17.1. The van der Waals surface area contributed by atoms with Gasteiger partial charge in [0.25, 0.3) is 0 Å². The number of hydrogen-bond acceptors (Lipinski definition) is 5. The SMILES string of the molecule is O=C(CSc1nc(=O)n(Cc2cccnc2)c2c1CCCC2)Nc1cccc(F)c1. The highest BCUT2D eigenvalue weighted by molar-refractivity contribution is 8.00. The summed E-state index contributed by atoms with van der Waals surface area (Å²) in [5.41, 5.74) is 3.09. The third-order valence-electron chi connectivity index (χ3n) is 4.96. The van der Waals surface area contributed by atoms with Gasteiger partial charge < -0.3 is 5.32 Å². The molecule has 0 saturated heterocycles. The van der Waals surface area contributed by atoms with Crippen molar-refractivity contribution in [3.05, 3.63) is 81.9 Å². The largest absolute Gasteiger partial charge is 0.349 e. The average molecular weight is 425 g/mol. The van der Waals surface area contributed by atoms with Gasteiger partial charge >= 0.3 is 5.69 Å². The third kappa shape index (κ3) is 4.76. The molecule has 1 N–H and O–H groups in total. The van der Waals surface area contributed by atoms with Crippen LogP contribution in [0.15, 0.2) is 58.6 Å². The van der Waals surface area contributed by atoms with Crippen molar-refractivity contribution in [1.29, 1.82) is 0 Å². The van der Waals surface area contributed by atoms with Crippen molar-refractivity contribution in [3.8, 4) is 0 Å². The molecule has 30 heavy (non-hydrogen) atoms. The maximum Gasteiger partial charge on any atom is 0.349 e. The molecular weight excluding hydrogens is 403 g/mol. The number of pyridine rings is 1. The highest BCUT2D eigenvalue weighted by Crippen LogP contribution is 2.28. The molecule has 0 unspecified atom stereocenters. The Morgan fingerprint density at radius 3 is 2.87 bits per heavy atom. The Bertz CT molecular complexity index is 1120. The van der Waals surface area contributed by atoms with E-state index in [-0.39, 0.29) is 17.3 Å². The van der Waals surface area contributed by atoms with E-state index in [1.54, 1.807) is 23.0 Å². The molecule has 3 aromatic rings. The van der Waals surface area contributed by atoms with Crippen molar-refractivity contribution < 1.29 is 9.18 Å². The maximum atomic E-state index is 13.3. The van der Waals surface area contributed by atoms with Gasteiger partial charge in [-0.25, -0.2) is 9.18 Å². The minimum atomic E-state index is -0.409. The number of anilines is 1. The monoisotopic (exact) mass is 424 g/mol. The number of amides is 1. The lowest BCUT2D eigenvalue weighted by Crippen LogP contribution is -2.30. The minimum Gasteiger partial charge on any atom is -0.325 e. The second-order valence-corrected chi connectivity index (χ2v) is 8.09. The predicted octanol–water partition coefficient (Wildman–Crippen LogP) is 3.44. The Hall–Kier alpha value is -3.00. The van der Waals surface area contributed by atoms with E-state index >= 15 is 0 Å². The van der Waals surface area contributed by atoms with Crippen LogP contribution in [-0.2, 0) is 24.2 Å². The predicted molar refractivity (Wildman–Crippen MR) is 114 cm³/mol. The van der Waals surface area contributed by atoms with Crippen molar-refractivity contribution in [2.45, 2.75) is 37.3 Å². The molecule has 0 aliphatic heterocycles. The first-order valence-electron chi connectivity index (χ1n) is 9.80. The number of carbonyl (C=O) groups excluding carboxylic acids is 1. The molecular formula is C22H21FN4O2S. The van der Waals surface area contributed by atoms with Gasteiger partial charge in [-0.3, -0.25) is 14.3 Å². The van der Waals surface area contributed by atoms with Crippen molar-refractivity contribution >= 4 is 23.4 Å². The number of halogens is 1. The van der Waals surface area contributed by atoms with Gasteiger partial charge in [0, 0.05) is 29.3 Å². The fourth-order valence-corrected chi connectivity index (χ4v) is 4.48. The van der Waals surface area contributed by atoms with Crippen molar-refractivity contribution in [1.82, 2.24) is 14.5 Å². The van der Waals surface area contributed by atoms with E-state index in [0.29, 0.717) is 17.3 Å². The zero-order valence-electron chi connectivity index (χ0n) is 16.3. The number of thioether (sulfide) groups is 1. The van der Waals surface area contributed by atoms with Crippen LogP contribution in [0.1, 0.15) is 29.7 Å². The van der Waals surface area contributed by atoms with Crippen LogP contribution in [0.2, 0.25) is 0 Å². The van der Waals surface area contributed by atoms with Crippen LogP contribution in [0.3, 0.4) is 0 Å². The van der Waals surface area contributed by atoms with Crippen LogP contribution in [0.25, 0.3) is 0 Å². The van der Waals surface area contributed by atoms with Crippen LogP contribution < -0.4 is 11.0 Å². The molecule has 1 aliphatic rings. The topological polar surface area (TPSA) is 76.9 Å². The molecule has 1 aliphatic carbocycles. The van der Waals surface area contributed by atoms with Crippen molar-refractivity contribution in [2.75, 3.05) is 11.1 Å². The van der Waals surface area contributed by atoms with E-state index in [9.17, 15) is 14.0 Å². The minimum absolute atomic E-state index is 0.0992. The first-order valence-corrected chi connectivity index (χ1v) is 10.8. The van der Waals surface area contributed by atoms with E-state index in [1.807, 2.05) is 12.1 Å². The molecule has 1 amide bonds. The zero-order chi connectivity index (χ0) is 20.9. The third-order valence-corrected chi connectivity index (χ3v) is 5.98. The maximum absolute atomic E-state index is 13.3. The van der Waals surface area contributed by atoms with Gasteiger partial charge in [0.05, 0.1) is 12.3 Å². The Morgan fingerprint density at radius 1 is 1.20 bits per heavy atom. The molecule has 0 atom stereocenters. The van der Waals surface area contributed by atoms with E-state index in [4.69, 9.17) is 0 Å². The fourth-order valence-electron chi connectivity index (χ4n) is 3.60. The average Bonchev–Trinajstić information content (AvgIpc) is 2.75. The molecule has 2 aromatic heterocycles. The number of hydrogen-bond donors (Lipinski definition) is 1. The smallest absolute Gasteiger partial charge is 0.325 e. The molecule has 0 spiro atoms. The normalized spacial score (nSPS) is 13.0. The lowest BCUT2D eigenvalue weighted by atomic mass is 9.97. The Labute approximate surface area is 177 Å². The van der Waals surface area contributed by atoms with Gasteiger partial charge in [-0.05, 0) is 55.5 Å². The lowest BCUT2D eigenvalue weighted by molar-refractivity contribution is -0.113. The Kier molecular flexibility index (Phi) is 6.23. The summed E-state index contributed by atoms with van der Waals surface area (Å²) >= 11 is 1.25. The molecule has 1 aromatic carbocycles. The first-order chi connectivity index (χ1) is 14.6. The highest BCUT2D eigenvalue weighted by atomic mass is 32.2. The molecule has 0 fully saturated rings. The van der Waals surface area contributed by atoms with Crippen LogP contribution in [0.5, 0.6) is 0 Å². The molecule has 2 heterocycles. The second-order valence-electron chi connectivity index (χ2n) is 7.13. The molecule has 0 bridgehead atoms. The molecule has 0 radical (unpaired) electrons. The Morgan fingerprint density at radius 2 is 2.07 bits per heavy atom. The van der Waals surface area contributed by atoms with Gasteiger partial charge in [-0.15, -0.1) is 0 Å². The standard InChI is InChI=1S/C22H21FN4O2S/c23-16-6-3-7-17(11-16)25-20(28)14-30-21-18-8-1-2-9-19(18)27(22(29)26-21)13-15-5-4-10-24-12-15/h3-7,10-12H,1-2,8-9,13-14H2,(H,25,28). The van der Waals surface area contributed by atoms with Crippen molar-refractivity contribution in [2.24, 2.45) is 0 Å². The van der Waals surface area contributed by atoms with Gasteiger partial charge in [-0.2, -0.15) is 4.98 Å². The second kappa shape index (κ2) is 9.21. The summed E-state index contributed by atoms with van der Waals surface area (Å²) in [7, 11) is 0. The number of nitrogens with zero attached hydrogens (tertiary/aromatic N) is 3. The Balaban J connectivity index is 1.53. The molecule has 6 nitrogen and oxygen atoms in total. The van der Waals surface area contributed by atoms with Gasteiger partial charge in [0.1, 0.15) is 10.8 Å². The number of aromatic nitrogens is 3. The fraction of sp³-hybridized carbons (Fsp3) is 0.273. The number of benzene rings is 1. The molecule has 4 rings (SSSR count). The highest BCUT2D eigenvalue weighted by Gasteiger charge is 2.21. The van der Waals surface area contributed by atoms with Gasteiger partial charge in [0.2, 0.25) is 5.91 Å². The number of fused-ring (bicyclic) bond motifs is 1. The van der Waals surface area contributed by atoms with E-state index < -0.39 is 5.82 Å². The van der Waals surface area contributed by atoms with Crippen LogP contribution in [0.4, 0.5) is 10.1 Å². The number of nitrogens with one attached hydrogen (secondary N) is 1. The van der Waals surface area contributed by atoms with E-state index in [2.05, 4.69) is 15.3 Å². The van der Waals surface area contributed by atoms with E-state index in [0.717, 1.165) is 42.5 Å². The molecule has 8 heteroatoms. The summed E-state index contributed by atoms with van der Waals surface area (Å²) < 4.78 is 15.0. The molecule has 154 valence electrons. The van der Waals surface area contributed by atoms with Crippen LogP contribution in [-0.4, -0.2) is 26.2 Å². The summed E-state index contributed by atoms with van der Waals surface area (Å²) in [6, 6.07) is 9.54. The quantitative estimate of drug-likeness (QED) is 0.485. The summed E-state index contributed by atoms with van der Waals surface area (Å²) in [6.07, 6.45) is 7.16. The molecule has 0 saturated carbocycles. The lowest BCUT2D eigenvalue weighted by Gasteiger charge is -2.22. The summed E-state index contributed by atoms with van der Waals surface area (Å²) in [6.45, 7) is 0.438. The summed E-state index contributed by atoms with van der Waals surface area (Å²) in [5, 5.41) is 3.29. The summed E-state index contributed by atoms with van der Waals surface area (Å²) in [4.78, 5) is 33.5. The van der Waals surface area contributed by atoms with E-state index in [1.165, 1.54) is 30.0 Å². The van der Waals surface area contributed by atoms with Gasteiger partial charge in [-0.1, -0.05) is 23.9 Å². The van der Waals surface area contributed by atoms with Gasteiger partial charge in [0.15, 0.2) is 0 Å². The first kappa shape index (κ1) is 20.3. The van der Waals surface area contributed by atoms with Crippen LogP contribution >= 0.6 is 11.8 Å².